The number of nitrogens with zero attached hydrogens (tertiary/aromatic N) is 10. The molecule has 62 heavy (non-hydrogen) atoms. The summed E-state index contributed by atoms with van der Waals surface area (Å²) < 4.78 is 97.2. The normalized spacial score (nSPS) is 17.3. The molecule has 5 aromatic rings. The first kappa shape index (κ1) is 41.6. The summed E-state index contributed by atoms with van der Waals surface area (Å²) in [6.45, 7) is 0.777. The number of benzene rings is 1. The zero-order valence-corrected chi connectivity index (χ0v) is 32.1. The number of piperidine rings is 1. The number of hydrogen-bond donors (Lipinski definition) is 3. The van der Waals surface area contributed by atoms with E-state index in [4.69, 9.17) is 0 Å². The minimum absolute atomic E-state index is 0.00368. The van der Waals surface area contributed by atoms with E-state index in [0.29, 0.717) is 37.7 Å². The number of imide groups is 1. The van der Waals surface area contributed by atoms with Crippen LogP contribution in [-0.4, -0.2) is 115 Å². The van der Waals surface area contributed by atoms with Gasteiger partial charge in [0.25, 0.3) is 12.3 Å². The van der Waals surface area contributed by atoms with Crippen LogP contribution in [0.25, 0.3) is 11.4 Å². The number of amides is 4. The Morgan fingerprint density at radius 3 is 2.29 bits per heavy atom. The topological polar surface area (TPSA) is 188 Å². The van der Waals surface area contributed by atoms with Crippen molar-refractivity contribution in [2.24, 2.45) is 5.92 Å². The van der Waals surface area contributed by atoms with E-state index in [-0.39, 0.29) is 66.0 Å². The molecule has 324 valence electrons. The third-order valence-electron chi connectivity index (χ3n) is 10.5. The van der Waals surface area contributed by atoms with Crippen LogP contribution in [0.3, 0.4) is 0 Å². The molecule has 3 saturated heterocycles. The highest BCUT2D eigenvalue weighted by Crippen LogP contribution is 2.35. The first-order chi connectivity index (χ1) is 29.6. The number of rotatable bonds is 11. The number of carbonyl (C=O) groups is 4. The second kappa shape index (κ2) is 16.7. The Morgan fingerprint density at radius 2 is 1.63 bits per heavy atom. The fraction of sp³-hybridized carbons (Fsp3) is 0.342. The van der Waals surface area contributed by atoms with Gasteiger partial charge in [0.2, 0.25) is 17.7 Å². The van der Waals surface area contributed by atoms with E-state index in [9.17, 15) is 41.1 Å². The van der Waals surface area contributed by atoms with Crippen molar-refractivity contribution in [2.75, 3.05) is 66.2 Å². The van der Waals surface area contributed by atoms with Crippen molar-refractivity contribution in [3.05, 3.63) is 89.8 Å². The van der Waals surface area contributed by atoms with Crippen molar-refractivity contribution in [3.63, 3.8) is 0 Å². The Morgan fingerprint density at radius 1 is 0.887 bits per heavy atom. The molecule has 7 heterocycles. The van der Waals surface area contributed by atoms with Gasteiger partial charge in [-0.25, -0.2) is 32.2 Å². The molecule has 0 aliphatic carbocycles. The quantitative estimate of drug-likeness (QED) is 0.128. The Bertz CT molecular complexity index is 2490. The van der Waals surface area contributed by atoms with Gasteiger partial charge in [-0.2, -0.15) is 28.2 Å². The predicted molar refractivity (Wildman–Crippen MR) is 204 cm³/mol. The standard InChI is InChI=1S/C38H34F7N13O4/c39-25-11-23(12-26(40)32(25)24-2-4-31(59)51-35(24)60)56-16-20(17-56)37(62)55-9-7-54(8-10-55)30-3-1-22(14-47-30)57-18-28(33(53-57)34(41)42)50-36(61)27-15-49-58(52-27)21-5-6-46-29(13-21)48-19-38(43,44)45/h1,3,5-6,11-15,18,20,24,34H,2,4,7-10,16-17,19H2,(H,46,48)(H,50,61)(H,51,59,60)/t24-/m1/s1. The molecule has 3 aliphatic rings. The molecule has 0 bridgehead atoms. The average Bonchev–Trinajstić information content (AvgIpc) is 3.89. The van der Waals surface area contributed by atoms with Crippen LogP contribution in [0.5, 0.6) is 0 Å². The van der Waals surface area contributed by atoms with Crippen LogP contribution in [0, 0.1) is 17.6 Å². The minimum atomic E-state index is -4.48. The van der Waals surface area contributed by atoms with Gasteiger partial charge < -0.3 is 25.3 Å². The monoisotopic (exact) mass is 869 g/mol. The van der Waals surface area contributed by atoms with E-state index in [1.807, 2.05) is 4.90 Å². The van der Waals surface area contributed by atoms with E-state index in [1.54, 1.807) is 21.9 Å². The lowest BCUT2D eigenvalue weighted by atomic mass is 9.89. The maximum atomic E-state index is 15.1. The molecule has 8 rings (SSSR count). The molecule has 1 atom stereocenters. The summed E-state index contributed by atoms with van der Waals surface area (Å²) in [7, 11) is 0. The Hall–Kier alpha value is -7.14. The van der Waals surface area contributed by atoms with Crippen molar-refractivity contribution in [3.8, 4) is 11.4 Å². The van der Waals surface area contributed by atoms with Crippen LogP contribution in [0.15, 0.2) is 61.2 Å². The number of carbonyl (C=O) groups excluding carboxylic acids is 4. The first-order valence-electron chi connectivity index (χ1n) is 19.1. The number of anilines is 4. The molecular formula is C38H34F7N13O4. The smallest absolute Gasteiger partial charge is 0.370 e. The van der Waals surface area contributed by atoms with Gasteiger partial charge >= 0.3 is 6.18 Å². The second-order valence-corrected chi connectivity index (χ2v) is 14.6. The molecule has 0 spiro atoms. The maximum Gasteiger partial charge on any atom is 0.405 e. The van der Waals surface area contributed by atoms with Gasteiger partial charge in [-0.15, -0.1) is 5.10 Å². The van der Waals surface area contributed by atoms with Crippen LogP contribution in [0.2, 0.25) is 0 Å². The van der Waals surface area contributed by atoms with Crippen molar-refractivity contribution < 1.29 is 49.9 Å². The molecule has 4 aromatic heterocycles. The third-order valence-corrected chi connectivity index (χ3v) is 10.5. The van der Waals surface area contributed by atoms with Gasteiger partial charge in [0.15, 0.2) is 11.4 Å². The van der Waals surface area contributed by atoms with Crippen molar-refractivity contribution in [1.82, 2.24) is 45.0 Å². The van der Waals surface area contributed by atoms with Crippen molar-refractivity contribution in [1.29, 1.82) is 0 Å². The minimum Gasteiger partial charge on any atom is -0.370 e. The third kappa shape index (κ3) is 8.83. The maximum absolute atomic E-state index is 15.1. The lowest BCUT2D eigenvalue weighted by Gasteiger charge is -2.44. The van der Waals surface area contributed by atoms with E-state index >= 15 is 8.78 Å². The van der Waals surface area contributed by atoms with E-state index < -0.39 is 66.0 Å². The zero-order chi connectivity index (χ0) is 43.9. The Labute approximate surface area is 345 Å². The summed E-state index contributed by atoms with van der Waals surface area (Å²) in [6, 6.07) is 8.13. The predicted octanol–water partition coefficient (Wildman–Crippen LogP) is 3.99. The van der Waals surface area contributed by atoms with Crippen LogP contribution in [0.1, 0.15) is 46.9 Å². The number of piperazine rings is 1. The van der Waals surface area contributed by atoms with Gasteiger partial charge in [-0.1, -0.05) is 0 Å². The molecular weight excluding hydrogens is 835 g/mol. The molecule has 1 aromatic carbocycles. The molecule has 0 unspecified atom stereocenters. The van der Waals surface area contributed by atoms with Gasteiger partial charge in [-0.05, 0) is 36.8 Å². The lowest BCUT2D eigenvalue weighted by Crippen LogP contribution is -2.58. The highest BCUT2D eigenvalue weighted by molar-refractivity contribution is 6.03. The fourth-order valence-corrected chi connectivity index (χ4v) is 7.30. The molecule has 3 fully saturated rings. The number of alkyl halides is 5. The van der Waals surface area contributed by atoms with E-state index in [2.05, 4.69) is 41.2 Å². The van der Waals surface area contributed by atoms with Crippen LogP contribution < -0.4 is 25.8 Å². The Kier molecular flexibility index (Phi) is 11.2. The number of hydrogen-bond acceptors (Lipinski definition) is 12. The van der Waals surface area contributed by atoms with E-state index in [0.717, 1.165) is 27.8 Å². The molecule has 24 heteroatoms. The summed E-state index contributed by atoms with van der Waals surface area (Å²) in [5, 5.41) is 18.5. The van der Waals surface area contributed by atoms with Crippen molar-refractivity contribution in [2.45, 2.75) is 31.4 Å². The Balaban J connectivity index is 0.841. The zero-order valence-electron chi connectivity index (χ0n) is 32.1. The van der Waals surface area contributed by atoms with Crippen molar-refractivity contribution >= 4 is 46.6 Å². The summed E-state index contributed by atoms with van der Waals surface area (Å²) in [5.41, 5.74) is -1.01. The number of halogens is 7. The molecule has 17 nitrogen and oxygen atoms in total. The molecule has 3 N–H and O–H groups in total. The van der Waals surface area contributed by atoms with Gasteiger partial charge in [0.05, 0.1) is 47.5 Å². The van der Waals surface area contributed by atoms with Crippen LogP contribution in [-0.2, 0) is 14.4 Å². The van der Waals surface area contributed by atoms with Crippen LogP contribution >= 0.6 is 0 Å². The highest BCUT2D eigenvalue weighted by atomic mass is 19.4. The molecule has 3 aliphatic heterocycles. The van der Waals surface area contributed by atoms with E-state index in [1.165, 1.54) is 30.7 Å². The van der Waals surface area contributed by atoms with Gasteiger partial charge in [0, 0.05) is 69.2 Å². The molecule has 0 radical (unpaired) electrons. The van der Waals surface area contributed by atoms with Crippen LogP contribution in [0.4, 0.5) is 53.7 Å². The first-order valence-corrected chi connectivity index (χ1v) is 19.1. The molecule has 0 saturated carbocycles. The largest absolute Gasteiger partial charge is 0.405 e. The summed E-state index contributed by atoms with van der Waals surface area (Å²) >= 11 is 0. The van der Waals surface area contributed by atoms with Gasteiger partial charge in [0.1, 0.15) is 29.8 Å². The number of pyridine rings is 2. The number of nitrogens with one attached hydrogen (secondary N) is 3. The summed E-state index contributed by atoms with van der Waals surface area (Å²) in [6.07, 6.45) is -2.74. The lowest BCUT2D eigenvalue weighted by molar-refractivity contribution is -0.137. The fourth-order valence-electron chi connectivity index (χ4n) is 7.30. The SMILES string of the molecule is O=C1CC[C@H](c2c(F)cc(N3CC(C(=O)N4CCN(c5ccc(-n6cc(NC(=O)c7cnn(-c8ccnc(NCC(F)(F)F)c8)n7)c(C(F)F)n6)cn5)CC4)C3)cc2F)C(=O)N1. The molecule has 4 amide bonds. The average molecular weight is 870 g/mol. The highest BCUT2D eigenvalue weighted by Gasteiger charge is 2.38. The summed E-state index contributed by atoms with van der Waals surface area (Å²) in [4.78, 5) is 64.6. The number of aromatic nitrogens is 7. The van der Waals surface area contributed by atoms with Gasteiger partial charge in [-0.3, -0.25) is 24.5 Å². The summed E-state index contributed by atoms with van der Waals surface area (Å²) in [5.74, 6) is -5.12. The second-order valence-electron chi connectivity index (χ2n) is 14.6.